The Kier molecular flexibility index (Phi) is 8.65. The van der Waals surface area contributed by atoms with Crippen molar-refractivity contribution in [1.82, 2.24) is 9.55 Å². The number of anilines is 2. The van der Waals surface area contributed by atoms with E-state index in [2.05, 4.69) is 87.7 Å². The highest BCUT2D eigenvalue weighted by Crippen LogP contribution is 2.53. The molecule has 10 rings (SSSR count). The minimum absolute atomic E-state index is 0.0392. The zero-order chi connectivity index (χ0) is 40.8. The highest BCUT2D eigenvalue weighted by atomic mass is 16.7. The van der Waals surface area contributed by atoms with Crippen LogP contribution in [-0.2, 0) is 38.3 Å². The fourth-order valence-electron chi connectivity index (χ4n) is 8.48. The quantitative estimate of drug-likeness (QED) is 0.174. The molecule has 2 aliphatic heterocycles. The summed E-state index contributed by atoms with van der Waals surface area (Å²) in [6.07, 6.45) is 3.41. The molecule has 0 radical (unpaired) electrons. The Hall–Kier alpha value is -5.90. The number of nitrogens with zero attached hydrogens (tertiary/aromatic N) is 2. The molecule has 0 saturated heterocycles. The molecule has 4 aromatic carbocycles. The van der Waals surface area contributed by atoms with Crippen molar-refractivity contribution in [3.63, 3.8) is 0 Å². The number of hydrogen-bond donors (Lipinski definition) is 2. The van der Waals surface area contributed by atoms with Crippen LogP contribution in [-0.4, -0.2) is 42.0 Å². The molecular weight excluding hydrogens is 729 g/mol. The Morgan fingerprint density at radius 2 is 1.28 bits per heavy atom. The molecule has 4 aliphatic rings. The smallest absolute Gasteiger partial charge is 0.237 e. The maximum Gasteiger partial charge on any atom is 0.237 e. The molecule has 10 nitrogen and oxygen atoms in total. The normalized spacial score (nSPS) is 16.8. The number of amides is 2. The molecule has 10 heteroatoms. The Labute approximate surface area is 339 Å². The molecule has 2 N–H and O–H groups in total. The summed E-state index contributed by atoms with van der Waals surface area (Å²) in [5, 5.41) is 5.39. The molecule has 0 atom stereocenters. The molecule has 4 heterocycles. The number of carbonyl (C=O) groups is 2. The number of nitrogens with one attached hydrogen (secondary N) is 2. The lowest BCUT2D eigenvalue weighted by Gasteiger charge is -2.24. The average Bonchev–Trinajstić information content (AvgIpc) is 3.92. The van der Waals surface area contributed by atoms with Gasteiger partial charge in [-0.05, 0) is 110 Å². The van der Waals surface area contributed by atoms with Crippen molar-refractivity contribution in [1.29, 1.82) is 0 Å². The van der Waals surface area contributed by atoms with E-state index in [-0.39, 0.29) is 36.2 Å². The van der Waals surface area contributed by atoms with Crippen LogP contribution in [0.5, 0.6) is 23.0 Å². The molecule has 6 aromatic rings. The van der Waals surface area contributed by atoms with E-state index in [0.29, 0.717) is 0 Å². The van der Waals surface area contributed by atoms with Gasteiger partial charge in [0, 0.05) is 69.5 Å². The number of carbonyl (C=O) groups excluding carboxylic acids is 2. The predicted molar refractivity (Wildman–Crippen MR) is 228 cm³/mol. The molecular formula is C48H52N4O6. The standard InChI is InChI=1S/C25H28N2O3.C23H24N2O3/c1-24(2,3)22-13-16-12-18(7-8-19(16)27(22)5)26(4)23(28)25(10-11-25)17-6-9-20-21(14-17)30-15-29-20;1-22(2,3)20-11-14-10-16(5-6-17(14)25-20)24-21(26)23(8-9-23)15-4-7-18-19(12-15)28-13-27-18/h6-9,12-14H,10-11,15H2,1-5H3;4-7,10-12,25H,8-9,13H2,1-3H3,(H,24,26). The van der Waals surface area contributed by atoms with Crippen LogP contribution in [0.25, 0.3) is 21.8 Å². The number of hydrogen-bond acceptors (Lipinski definition) is 6. The van der Waals surface area contributed by atoms with Crippen LogP contribution in [0.4, 0.5) is 11.4 Å². The van der Waals surface area contributed by atoms with Gasteiger partial charge in [0.1, 0.15) is 0 Å². The zero-order valence-corrected chi connectivity index (χ0v) is 34.7. The summed E-state index contributed by atoms with van der Waals surface area (Å²) in [6.45, 7) is 13.7. The molecule has 2 aromatic heterocycles. The topological polar surface area (TPSA) is 107 Å². The first kappa shape index (κ1) is 37.7. The maximum atomic E-state index is 13.5. The predicted octanol–water partition coefficient (Wildman–Crippen LogP) is 9.76. The van der Waals surface area contributed by atoms with Gasteiger partial charge in [-0.1, -0.05) is 53.7 Å². The van der Waals surface area contributed by atoms with E-state index < -0.39 is 10.8 Å². The summed E-state index contributed by atoms with van der Waals surface area (Å²) >= 11 is 0. The van der Waals surface area contributed by atoms with Crippen LogP contribution in [0.2, 0.25) is 0 Å². The Bertz CT molecular complexity index is 2610. The van der Waals surface area contributed by atoms with Gasteiger partial charge in [-0.15, -0.1) is 0 Å². The molecule has 2 fully saturated rings. The van der Waals surface area contributed by atoms with Crippen molar-refractivity contribution in [2.45, 2.75) is 88.9 Å². The fourth-order valence-corrected chi connectivity index (χ4v) is 8.48. The second-order valence-electron chi connectivity index (χ2n) is 18.4. The van der Waals surface area contributed by atoms with Gasteiger partial charge in [0.15, 0.2) is 23.0 Å². The summed E-state index contributed by atoms with van der Waals surface area (Å²) in [5.74, 6) is 3.12. The molecule has 0 unspecified atom stereocenters. The number of aryl methyl sites for hydroxylation is 1. The SMILES string of the molecule is CC(C)(C)c1cc2cc(NC(=O)C3(c4ccc5c(c4)OCO5)CC3)ccc2[nH]1.CN(C(=O)C1(c2ccc3c(c2)OCO3)CC1)c1ccc2c(c1)cc(C(C)(C)C)n2C. The number of aromatic amines is 1. The van der Waals surface area contributed by atoms with Crippen molar-refractivity contribution in [3.05, 3.63) is 107 Å². The first-order valence-corrected chi connectivity index (χ1v) is 20.2. The van der Waals surface area contributed by atoms with E-state index in [1.807, 2.05) is 67.7 Å². The first-order chi connectivity index (χ1) is 27.6. The third kappa shape index (κ3) is 6.52. The van der Waals surface area contributed by atoms with Crippen LogP contribution in [0.15, 0.2) is 84.9 Å². The molecule has 58 heavy (non-hydrogen) atoms. The average molecular weight is 781 g/mol. The monoisotopic (exact) mass is 780 g/mol. The molecule has 0 bridgehead atoms. The summed E-state index contributed by atoms with van der Waals surface area (Å²) < 4.78 is 24.1. The highest BCUT2D eigenvalue weighted by Gasteiger charge is 2.53. The molecule has 2 aliphatic carbocycles. The van der Waals surface area contributed by atoms with E-state index in [0.717, 1.165) is 87.5 Å². The minimum Gasteiger partial charge on any atom is -0.454 e. The number of ether oxygens (including phenoxy) is 4. The van der Waals surface area contributed by atoms with E-state index in [9.17, 15) is 9.59 Å². The number of aromatic nitrogens is 2. The molecule has 300 valence electrons. The summed E-state index contributed by atoms with van der Waals surface area (Å²) in [6, 6.07) is 28.4. The number of benzene rings is 4. The second-order valence-corrected chi connectivity index (χ2v) is 18.4. The summed E-state index contributed by atoms with van der Waals surface area (Å²) in [7, 11) is 3.99. The van der Waals surface area contributed by atoms with Crippen molar-refractivity contribution in [2.75, 3.05) is 30.9 Å². The first-order valence-electron chi connectivity index (χ1n) is 20.2. The Balaban J connectivity index is 0.000000151. The highest BCUT2D eigenvalue weighted by molar-refractivity contribution is 6.04. The van der Waals surface area contributed by atoms with Crippen LogP contribution < -0.4 is 29.2 Å². The number of likely N-dealkylation sites (N-methyl/N-ethyl adjacent to an activating group) is 1. The van der Waals surface area contributed by atoms with Crippen LogP contribution >= 0.6 is 0 Å². The minimum atomic E-state index is -0.468. The van der Waals surface area contributed by atoms with Gasteiger partial charge in [-0.3, -0.25) is 9.59 Å². The van der Waals surface area contributed by atoms with Gasteiger partial charge in [0.2, 0.25) is 25.4 Å². The van der Waals surface area contributed by atoms with Gasteiger partial charge in [-0.25, -0.2) is 0 Å². The van der Waals surface area contributed by atoms with E-state index >= 15 is 0 Å². The Morgan fingerprint density at radius 3 is 1.86 bits per heavy atom. The summed E-state index contributed by atoms with van der Waals surface area (Å²) in [4.78, 5) is 31.9. The Morgan fingerprint density at radius 1 is 0.672 bits per heavy atom. The van der Waals surface area contributed by atoms with E-state index in [1.54, 1.807) is 4.90 Å². The van der Waals surface area contributed by atoms with Gasteiger partial charge in [-0.2, -0.15) is 0 Å². The third-order valence-electron chi connectivity index (χ3n) is 12.4. The van der Waals surface area contributed by atoms with E-state index in [1.165, 1.54) is 16.9 Å². The molecule has 2 amide bonds. The zero-order valence-electron chi connectivity index (χ0n) is 34.7. The van der Waals surface area contributed by atoms with E-state index in [4.69, 9.17) is 18.9 Å². The molecule has 0 spiro atoms. The maximum absolute atomic E-state index is 13.5. The lowest BCUT2D eigenvalue weighted by molar-refractivity contribution is -0.121. The third-order valence-corrected chi connectivity index (χ3v) is 12.4. The van der Waals surface area contributed by atoms with Crippen molar-refractivity contribution >= 4 is 45.0 Å². The second kappa shape index (κ2) is 13.3. The number of H-pyrrole nitrogens is 1. The number of fused-ring (bicyclic) bond motifs is 4. The lowest BCUT2D eigenvalue weighted by Crippen LogP contribution is -2.36. The van der Waals surface area contributed by atoms with Gasteiger partial charge in [0.25, 0.3) is 0 Å². The van der Waals surface area contributed by atoms with Crippen LogP contribution in [0, 0.1) is 0 Å². The van der Waals surface area contributed by atoms with Crippen molar-refractivity contribution in [2.24, 2.45) is 7.05 Å². The van der Waals surface area contributed by atoms with Crippen LogP contribution in [0.1, 0.15) is 89.7 Å². The van der Waals surface area contributed by atoms with Gasteiger partial charge in [0.05, 0.1) is 10.8 Å². The van der Waals surface area contributed by atoms with Crippen molar-refractivity contribution < 1.29 is 28.5 Å². The van der Waals surface area contributed by atoms with Gasteiger partial charge >= 0.3 is 0 Å². The summed E-state index contributed by atoms with van der Waals surface area (Å²) in [5.41, 5.74) is 7.67. The van der Waals surface area contributed by atoms with Crippen molar-refractivity contribution in [3.8, 4) is 23.0 Å². The number of rotatable bonds is 6. The lowest BCUT2D eigenvalue weighted by atomic mass is 9.92. The van der Waals surface area contributed by atoms with Gasteiger partial charge < -0.3 is 38.7 Å². The largest absolute Gasteiger partial charge is 0.454 e. The molecule has 2 saturated carbocycles. The van der Waals surface area contributed by atoms with Crippen LogP contribution in [0.3, 0.4) is 0 Å². The fraction of sp³-hybridized carbons (Fsp3) is 0.375.